The number of pyridine rings is 1. The van der Waals surface area contributed by atoms with Crippen LogP contribution in [0.25, 0.3) is 21.9 Å². The topological polar surface area (TPSA) is 74.7 Å². The predicted octanol–water partition coefficient (Wildman–Crippen LogP) is 2.77. The average Bonchev–Trinajstić information content (AvgIpc) is 3.23. The summed E-state index contributed by atoms with van der Waals surface area (Å²) in [5, 5.41) is 4.96. The standard InChI is InChI=1S/C17H15N5O.Al/c18-17(23)21-14-2-1-3-15-13(14)6-9-22(15)10-11-4-7-19-16-12(11)5-8-20-16;/h1-9H,10H2,(H4,18,19,20,21,23);/q;+1/p-1. The van der Waals surface area contributed by atoms with Gasteiger partial charge in [-0.15, -0.1) is 0 Å². The average molecular weight is 331 g/mol. The Balaban J connectivity index is 1.74. The van der Waals surface area contributed by atoms with Gasteiger partial charge in [0.05, 0.1) is 11.2 Å². The molecular formula is C17H14AlN5O. The fraction of sp³-hybridized carbons (Fsp3) is 0.0588. The Morgan fingerprint density at radius 3 is 3.00 bits per heavy atom. The first-order chi connectivity index (χ1) is 11.8. The third kappa shape index (κ3) is 2.54. The number of benzene rings is 1. The maximum Gasteiger partial charge on any atom is 0.313 e. The van der Waals surface area contributed by atoms with Gasteiger partial charge in [-0.05, 0) is 35.9 Å². The van der Waals surface area contributed by atoms with Crippen LogP contribution >= 0.6 is 0 Å². The molecule has 4 aromatic rings. The summed E-state index contributed by atoms with van der Waals surface area (Å²) in [6, 6.07) is 11.7. The van der Waals surface area contributed by atoms with Crippen LogP contribution in [-0.4, -0.2) is 37.1 Å². The Labute approximate surface area is 146 Å². The maximum atomic E-state index is 11.6. The molecule has 24 heavy (non-hydrogen) atoms. The lowest BCUT2D eigenvalue weighted by molar-refractivity contribution is 0.257. The van der Waals surface area contributed by atoms with Crippen molar-refractivity contribution in [2.75, 3.05) is 5.32 Å². The summed E-state index contributed by atoms with van der Waals surface area (Å²) in [5.41, 5.74) is 3.94. The van der Waals surface area contributed by atoms with Gasteiger partial charge in [-0.2, -0.15) is 0 Å². The highest BCUT2D eigenvalue weighted by molar-refractivity contribution is 6.17. The second kappa shape index (κ2) is 6.04. The second-order valence-corrected chi connectivity index (χ2v) is 5.78. The third-order valence-electron chi connectivity index (χ3n) is 4.08. The number of amides is 2. The number of fused-ring (bicyclic) bond motifs is 2. The van der Waals surface area contributed by atoms with Crippen molar-refractivity contribution < 1.29 is 4.79 Å². The molecule has 0 atom stereocenters. The first-order valence-electron chi connectivity index (χ1n) is 7.52. The number of aromatic amines is 1. The molecule has 3 heterocycles. The summed E-state index contributed by atoms with van der Waals surface area (Å²) in [6.45, 7) is 0.736. The van der Waals surface area contributed by atoms with Crippen molar-refractivity contribution in [3.05, 3.63) is 60.6 Å². The van der Waals surface area contributed by atoms with Crippen molar-refractivity contribution >= 4 is 50.2 Å². The van der Waals surface area contributed by atoms with Gasteiger partial charge in [0.2, 0.25) is 0 Å². The zero-order valence-corrected chi connectivity index (χ0v) is 13.9. The van der Waals surface area contributed by atoms with E-state index >= 15 is 0 Å². The van der Waals surface area contributed by atoms with Gasteiger partial charge in [0.1, 0.15) is 5.65 Å². The minimum atomic E-state index is -0.261. The molecule has 2 amide bonds. The van der Waals surface area contributed by atoms with Crippen LogP contribution in [0.3, 0.4) is 0 Å². The molecule has 0 aliphatic carbocycles. The third-order valence-corrected chi connectivity index (χ3v) is 4.35. The quantitative estimate of drug-likeness (QED) is 0.505. The molecule has 0 saturated heterocycles. The largest absolute Gasteiger partial charge is 0.446 e. The number of aromatic nitrogens is 3. The zero-order valence-electron chi connectivity index (χ0n) is 12.8. The molecule has 3 N–H and O–H groups in total. The minimum absolute atomic E-state index is 0.261. The summed E-state index contributed by atoms with van der Waals surface area (Å²) >= 11 is 2.19. The van der Waals surface area contributed by atoms with Gasteiger partial charge >= 0.3 is 16.5 Å². The molecule has 6 nitrogen and oxygen atoms in total. The van der Waals surface area contributed by atoms with E-state index in [9.17, 15) is 4.79 Å². The number of hydrogen-bond acceptors (Lipinski definition) is 2. The molecule has 0 unspecified atom stereocenters. The number of nitrogens with one attached hydrogen (secondary N) is 3. The Morgan fingerprint density at radius 1 is 1.21 bits per heavy atom. The van der Waals surface area contributed by atoms with Crippen LogP contribution in [0.15, 0.2) is 55.0 Å². The van der Waals surface area contributed by atoms with E-state index in [0.29, 0.717) is 0 Å². The van der Waals surface area contributed by atoms with Gasteiger partial charge in [-0.3, -0.25) is 4.79 Å². The molecule has 2 radical (unpaired) electrons. The Bertz CT molecular complexity index is 1040. The number of nitrogens with zero attached hydrogens (tertiary/aromatic N) is 2. The lowest BCUT2D eigenvalue weighted by Gasteiger charge is -2.09. The number of anilines is 1. The predicted molar refractivity (Wildman–Crippen MR) is 95.0 cm³/mol. The van der Waals surface area contributed by atoms with E-state index in [0.717, 1.165) is 34.2 Å². The van der Waals surface area contributed by atoms with Gasteiger partial charge in [-0.25, -0.2) is 4.98 Å². The molecule has 7 heteroatoms. The van der Waals surface area contributed by atoms with Crippen LogP contribution in [0.2, 0.25) is 0 Å². The summed E-state index contributed by atoms with van der Waals surface area (Å²) in [5.74, 6) is 0. The summed E-state index contributed by atoms with van der Waals surface area (Å²) < 4.78 is 4.66. The summed E-state index contributed by atoms with van der Waals surface area (Å²) in [4.78, 5) is 19.0. The number of carbonyl (C=O) groups is 1. The smallest absolute Gasteiger partial charge is 0.313 e. The van der Waals surface area contributed by atoms with E-state index in [2.05, 4.69) is 46.7 Å². The highest BCUT2D eigenvalue weighted by atomic mass is 27.1. The minimum Gasteiger partial charge on any atom is -0.446 e. The van der Waals surface area contributed by atoms with E-state index in [1.807, 2.05) is 48.9 Å². The van der Waals surface area contributed by atoms with Crippen molar-refractivity contribution in [2.45, 2.75) is 6.54 Å². The SMILES string of the molecule is O=C([NH][Al])Nc1cccc2c1ccn2Cc1ccnc2[nH]ccc12. The van der Waals surface area contributed by atoms with Crippen LogP contribution in [0.4, 0.5) is 10.5 Å². The van der Waals surface area contributed by atoms with Gasteiger partial charge in [0.25, 0.3) is 6.03 Å². The number of urea groups is 1. The lowest BCUT2D eigenvalue weighted by atomic mass is 10.2. The van der Waals surface area contributed by atoms with Crippen LogP contribution in [0.5, 0.6) is 0 Å². The number of hydrogen-bond donors (Lipinski definition) is 3. The van der Waals surface area contributed by atoms with Crippen LogP contribution < -0.4 is 9.62 Å². The lowest BCUT2D eigenvalue weighted by Crippen LogP contribution is -2.25. The number of H-pyrrole nitrogens is 1. The molecule has 0 saturated carbocycles. The van der Waals surface area contributed by atoms with Crippen molar-refractivity contribution in [1.29, 1.82) is 0 Å². The molecule has 0 fully saturated rings. The van der Waals surface area contributed by atoms with Gasteiger partial charge < -0.3 is 19.2 Å². The van der Waals surface area contributed by atoms with Crippen molar-refractivity contribution in [1.82, 2.24) is 18.8 Å². The Morgan fingerprint density at radius 2 is 2.12 bits per heavy atom. The monoisotopic (exact) mass is 331 g/mol. The van der Waals surface area contributed by atoms with Gasteiger partial charge in [0, 0.05) is 35.9 Å². The highest BCUT2D eigenvalue weighted by Gasteiger charge is 2.09. The first-order valence-corrected chi connectivity index (χ1v) is 8.10. The molecule has 4 rings (SSSR count). The van der Waals surface area contributed by atoms with Crippen LogP contribution in [-0.2, 0) is 6.54 Å². The van der Waals surface area contributed by atoms with Gasteiger partial charge in [-0.1, -0.05) is 6.07 Å². The fourth-order valence-electron chi connectivity index (χ4n) is 2.97. The molecule has 0 spiro atoms. The van der Waals surface area contributed by atoms with Crippen molar-refractivity contribution in [2.24, 2.45) is 0 Å². The molecule has 1 aromatic carbocycles. The first kappa shape index (κ1) is 14.8. The van der Waals surface area contributed by atoms with E-state index in [4.69, 9.17) is 0 Å². The molecule has 116 valence electrons. The highest BCUT2D eigenvalue weighted by Crippen LogP contribution is 2.26. The normalized spacial score (nSPS) is 11.0. The van der Waals surface area contributed by atoms with E-state index in [1.54, 1.807) is 0 Å². The Hall–Kier alpha value is -2.75. The van der Waals surface area contributed by atoms with E-state index in [-0.39, 0.29) is 6.03 Å². The van der Waals surface area contributed by atoms with Crippen molar-refractivity contribution in [3.8, 4) is 0 Å². The molecule has 0 aliphatic heterocycles. The van der Waals surface area contributed by atoms with E-state index < -0.39 is 0 Å². The summed E-state index contributed by atoms with van der Waals surface area (Å²) in [7, 11) is 0. The number of carbonyl (C=O) groups excluding carboxylic acids is 1. The second-order valence-electron chi connectivity index (χ2n) is 5.49. The Kier molecular flexibility index (Phi) is 3.73. The molecular weight excluding hydrogens is 317 g/mol. The molecule has 0 aliphatic rings. The maximum absolute atomic E-state index is 11.6. The molecule has 3 aromatic heterocycles. The van der Waals surface area contributed by atoms with Crippen LogP contribution in [0, 0.1) is 0 Å². The summed E-state index contributed by atoms with van der Waals surface area (Å²) in [6.07, 6.45) is 5.75. The number of rotatable bonds is 3. The van der Waals surface area contributed by atoms with Crippen LogP contribution in [0.1, 0.15) is 5.56 Å². The fourth-order valence-corrected chi connectivity index (χ4v) is 3.04. The zero-order chi connectivity index (χ0) is 16.5. The van der Waals surface area contributed by atoms with Gasteiger partial charge in [0.15, 0.2) is 0 Å². The van der Waals surface area contributed by atoms with E-state index in [1.165, 1.54) is 5.56 Å². The molecule has 0 bridgehead atoms. The van der Waals surface area contributed by atoms with Crippen molar-refractivity contribution in [3.63, 3.8) is 0 Å².